The molecular weight excluding hydrogens is 218 g/mol. The van der Waals surface area contributed by atoms with Crippen molar-refractivity contribution in [1.29, 1.82) is 0 Å². The average molecular weight is 239 g/mol. The van der Waals surface area contributed by atoms with Gasteiger partial charge in [-0.25, -0.2) is 0 Å². The fraction of sp³-hybridized carbons (Fsp3) is 0.583. The van der Waals surface area contributed by atoms with Crippen molar-refractivity contribution in [1.82, 2.24) is 15.2 Å². The molecule has 1 unspecified atom stereocenters. The Labute approximate surface area is 103 Å². The molecule has 0 saturated carbocycles. The second-order valence-electron chi connectivity index (χ2n) is 4.08. The van der Waals surface area contributed by atoms with Crippen molar-refractivity contribution in [2.24, 2.45) is 0 Å². The summed E-state index contributed by atoms with van der Waals surface area (Å²) < 4.78 is 0. The molecule has 1 aromatic heterocycles. The van der Waals surface area contributed by atoms with Gasteiger partial charge in [-0.05, 0) is 40.2 Å². The fourth-order valence-electron chi connectivity index (χ4n) is 1.23. The summed E-state index contributed by atoms with van der Waals surface area (Å²) in [4.78, 5) is 7.89. The smallest absolute Gasteiger partial charge is 0.0571 e. The van der Waals surface area contributed by atoms with Gasteiger partial charge in [0.05, 0.1) is 5.69 Å². The summed E-state index contributed by atoms with van der Waals surface area (Å²) in [5, 5.41) is 3.18. The molecule has 0 aliphatic carbocycles. The van der Waals surface area contributed by atoms with E-state index in [1.54, 1.807) is 0 Å². The standard InChI is InChI=1S/C12H21N3S/c1-10(13-2)12-6-5-11(9-14-12)16-8-7-15(3)4/h5-6,9-10,13H,7-8H2,1-4H3. The topological polar surface area (TPSA) is 28.2 Å². The van der Waals surface area contributed by atoms with E-state index in [1.807, 2.05) is 25.0 Å². The molecule has 1 atom stereocenters. The quantitative estimate of drug-likeness (QED) is 0.769. The van der Waals surface area contributed by atoms with Crippen LogP contribution in [0.1, 0.15) is 18.7 Å². The van der Waals surface area contributed by atoms with Gasteiger partial charge < -0.3 is 10.2 Å². The molecule has 0 saturated heterocycles. The molecule has 90 valence electrons. The number of rotatable bonds is 6. The van der Waals surface area contributed by atoms with Crippen molar-refractivity contribution < 1.29 is 0 Å². The maximum atomic E-state index is 4.45. The van der Waals surface area contributed by atoms with Crippen LogP contribution in [0.5, 0.6) is 0 Å². The highest BCUT2D eigenvalue weighted by atomic mass is 32.2. The Kier molecular flexibility index (Phi) is 5.80. The monoisotopic (exact) mass is 239 g/mol. The molecular formula is C12H21N3S. The van der Waals surface area contributed by atoms with Crippen molar-refractivity contribution in [3.63, 3.8) is 0 Å². The molecule has 1 N–H and O–H groups in total. The van der Waals surface area contributed by atoms with E-state index in [0.717, 1.165) is 18.0 Å². The highest BCUT2D eigenvalue weighted by molar-refractivity contribution is 7.99. The zero-order valence-electron chi connectivity index (χ0n) is 10.5. The van der Waals surface area contributed by atoms with E-state index in [4.69, 9.17) is 0 Å². The Morgan fingerprint density at radius 3 is 2.69 bits per heavy atom. The second-order valence-corrected chi connectivity index (χ2v) is 5.25. The Morgan fingerprint density at radius 2 is 2.19 bits per heavy atom. The first-order chi connectivity index (χ1) is 7.63. The summed E-state index contributed by atoms with van der Waals surface area (Å²) in [7, 11) is 6.14. The van der Waals surface area contributed by atoms with E-state index in [9.17, 15) is 0 Å². The minimum absolute atomic E-state index is 0.320. The zero-order valence-corrected chi connectivity index (χ0v) is 11.3. The average Bonchev–Trinajstić information content (AvgIpc) is 2.28. The van der Waals surface area contributed by atoms with Gasteiger partial charge in [-0.1, -0.05) is 0 Å². The first-order valence-electron chi connectivity index (χ1n) is 5.54. The number of hydrogen-bond donors (Lipinski definition) is 1. The Bertz CT molecular complexity index is 298. The van der Waals surface area contributed by atoms with Crippen LogP contribution >= 0.6 is 11.8 Å². The minimum Gasteiger partial charge on any atom is -0.312 e. The molecule has 0 aliphatic rings. The van der Waals surface area contributed by atoms with Crippen LogP contribution in [-0.4, -0.2) is 43.3 Å². The molecule has 0 aromatic carbocycles. The second kappa shape index (κ2) is 6.89. The first-order valence-corrected chi connectivity index (χ1v) is 6.52. The summed E-state index contributed by atoms with van der Waals surface area (Å²) in [6.45, 7) is 3.21. The van der Waals surface area contributed by atoms with Crippen molar-refractivity contribution >= 4 is 11.8 Å². The minimum atomic E-state index is 0.320. The normalized spacial score (nSPS) is 13.1. The molecule has 0 aliphatic heterocycles. The lowest BCUT2D eigenvalue weighted by Gasteiger charge is -2.11. The summed E-state index contributed by atoms with van der Waals surface area (Å²) in [5.41, 5.74) is 1.10. The summed E-state index contributed by atoms with van der Waals surface area (Å²) in [6, 6.07) is 4.57. The number of pyridine rings is 1. The molecule has 0 amide bonds. The largest absolute Gasteiger partial charge is 0.312 e. The van der Waals surface area contributed by atoms with Gasteiger partial charge in [0, 0.05) is 29.4 Å². The highest BCUT2D eigenvalue weighted by Crippen LogP contribution is 2.18. The predicted molar refractivity (Wildman–Crippen MR) is 71.0 cm³/mol. The summed E-state index contributed by atoms with van der Waals surface area (Å²) in [6.07, 6.45) is 1.96. The molecule has 0 bridgehead atoms. The van der Waals surface area contributed by atoms with Gasteiger partial charge in [0.25, 0.3) is 0 Å². The van der Waals surface area contributed by atoms with Gasteiger partial charge in [0.1, 0.15) is 0 Å². The third-order valence-electron chi connectivity index (χ3n) is 2.44. The van der Waals surface area contributed by atoms with Crippen molar-refractivity contribution in [3.8, 4) is 0 Å². The lowest BCUT2D eigenvalue weighted by atomic mass is 10.2. The van der Waals surface area contributed by atoms with Crippen molar-refractivity contribution in [2.45, 2.75) is 17.9 Å². The molecule has 0 fully saturated rings. The Balaban J connectivity index is 2.45. The van der Waals surface area contributed by atoms with Crippen LogP contribution in [0.2, 0.25) is 0 Å². The van der Waals surface area contributed by atoms with E-state index in [1.165, 1.54) is 4.90 Å². The molecule has 16 heavy (non-hydrogen) atoms. The molecule has 0 spiro atoms. The van der Waals surface area contributed by atoms with E-state index in [0.29, 0.717) is 6.04 Å². The lowest BCUT2D eigenvalue weighted by molar-refractivity contribution is 0.437. The molecule has 0 radical (unpaired) electrons. The first kappa shape index (κ1) is 13.5. The molecule has 4 heteroatoms. The predicted octanol–water partition coefficient (Wildman–Crippen LogP) is 2.02. The Hall–Kier alpha value is -0.580. The van der Waals surface area contributed by atoms with E-state index in [2.05, 4.69) is 48.4 Å². The summed E-state index contributed by atoms with van der Waals surface area (Å²) >= 11 is 1.85. The van der Waals surface area contributed by atoms with Gasteiger partial charge in [0.15, 0.2) is 0 Å². The van der Waals surface area contributed by atoms with Crippen LogP contribution in [0.15, 0.2) is 23.2 Å². The van der Waals surface area contributed by atoms with E-state index < -0.39 is 0 Å². The van der Waals surface area contributed by atoms with E-state index in [-0.39, 0.29) is 0 Å². The lowest BCUT2D eigenvalue weighted by Crippen LogP contribution is -2.15. The fourth-order valence-corrected chi connectivity index (χ4v) is 2.21. The number of nitrogens with zero attached hydrogens (tertiary/aromatic N) is 2. The van der Waals surface area contributed by atoms with Crippen LogP contribution < -0.4 is 5.32 Å². The summed E-state index contributed by atoms with van der Waals surface area (Å²) in [5.74, 6) is 1.11. The number of nitrogens with one attached hydrogen (secondary N) is 1. The molecule has 1 heterocycles. The van der Waals surface area contributed by atoms with Gasteiger partial charge in [-0.3, -0.25) is 4.98 Å². The van der Waals surface area contributed by atoms with Gasteiger partial charge >= 0.3 is 0 Å². The van der Waals surface area contributed by atoms with Crippen LogP contribution in [0, 0.1) is 0 Å². The van der Waals surface area contributed by atoms with Gasteiger partial charge in [-0.2, -0.15) is 0 Å². The van der Waals surface area contributed by atoms with E-state index >= 15 is 0 Å². The third kappa shape index (κ3) is 4.51. The molecule has 3 nitrogen and oxygen atoms in total. The van der Waals surface area contributed by atoms with Crippen LogP contribution in [0.3, 0.4) is 0 Å². The Morgan fingerprint density at radius 1 is 1.44 bits per heavy atom. The number of hydrogen-bond acceptors (Lipinski definition) is 4. The molecule has 1 rings (SSSR count). The van der Waals surface area contributed by atoms with Crippen molar-refractivity contribution in [3.05, 3.63) is 24.0 Å². The zero-order chi connectivity index (χ0) is 12.0. The highest BCUT2D eigenvalue weighted by Gasteiger charge is 2.03. The maximum Gasteiger partial charge on any atom is 0.0571 e. The van der Waals surface area contributed by atoms with Gasteiger partial charge in [0.2, 0.25) is 0 Å². The molecule has 1 aromatic rings. The van der Waals surface area contributed by atoms with Crippen LogP contribution in [0.4, 0.5) is 0 Å². The third-order valence-corrected chi connectivity index (χ3v) is 3.40. The van der Waals surface area contributed by atoms with Crippen molar-refractivity contribution in [2.75, 3.05) is 33.4 Å². The number of aromatic nitrogens is 1. The number of thioether (sulfide) groups is 1. The van der Waals surface area contributed by atoms with Gasteiger partial charge in [-0.15, -0.1) is 11.8 Å². The SMILES string of the molecule is CNC(C)c1ccc(SCCN(C)C)cn1. The maximum absolute atomic E-state index is 4.45. The van der Waals surface area contributed by atoms with Crippen LogP contribution in [0.25, 0.3) is 0 Å². The van der Waals surface area contributed by atoms with Crippen LogP contribution in [-0.2, 0) is 0 Å².